The fraction of sp³-hybridized carbons (Fsp3) is 0.875. The Hall–Kier alpha value is -1.06. The summed E-state index contributed by atoms with van der Waals surface area (Å²) in [4.78, 5) is 29.5. The molecule has 4 nitrogen and oxygen atoms in total. The lowest BCUT2D eigenvalue weighted by Crippen LogP contribution is -2.67. The van der Waals surface area contributed by atoms with E-state index >= 15 is 0 Å². The highest BCUT2D eigenvalue weighted by Crippen LogP contribution is 2.48. The van der Waals surface area contributed by atoms with Gasteiger partial charge in [-0.05, 0) is 63.7 Å². The Labute approximate surface area is 120 Å². The molecule has 4 fully saturated rings. The topological polar surface area (TPSA) is 40.6 Å². The molecule has 0 bridgehead atoms. The van der Waals surface area contributed by atoms with Crippen LogP contribution in [0.15, 0.2) is 0 Å². The predicted octanol–water partition coefficient (Wildman–Crippen LogP) is 1.79. The molecule has 2 amide bonds. The van der Waals surface area contributed by atoms with Gasteiger partial charge in [0.15, 0.2) is 0 Å². The van der Waals surface area contributed by atoms with Crippen molar-refractivity contribution in [1.29, 1.82) is 0 Å². The summed E-state index contributed by atoms with van der Waals surface area (Å²) in [6, 6.07) is -0.0129. The molecule has 4 rings (SSSR count). The van der Waals surface area contributed by atoms with Gasteiger partial charge < -0.3 is 9.80 Å². The first-order valence-corrected chi connectivity index (χ1v) is 8.31. The van der Waals surface area contributed by atoms with Crippen LogP contribution in [0.5, 0.6) is 0 Å². The summed E-state index contributed by atoms with van der Waals surface area (Å²) in [5.41, 5.74) is 0. The molecule has 4 heteroatoms. The van der Waals surface area contributed by atoms with Gasteiger partial charge in [0.05, 0.1) is 0 Å². The van der Waals surface area contributed by atoms with Gasteiger partial charge in [-0.25, -0.2) is 0 Å². The highest BCUT2D eigenvalue weighted by Gasteiger charge is 2.53. The summed E-state index contributed by atoms with van der Waals surface area (Å²) >= 11 is 0. The van der Waals surface area contributed by atoms with Crippen molar-refractivity contribution in [2.75, 3.05) is 6.54 Å². The van der Waals surface area contributed by atoms with E-state index in [4.69, 9.17) is 0 Å². The molecule has 2 unspecified atom stereocenters. The van der Waals surface area contributed by atoms with Crippen LogP contribution in [0.2, 0.25) is 0 Å². The molecule has 0 spiro atoms. The molecule has 0 N–H and O–H groups in total. The molecule has 0 radical (unpaired) electrons. The van der Waals surface area contributed by atoms with Crippen LogP contribution in [0.1, 0.15) is 51.9 Å². The van der Waals surface area contributed by atoms with Gasteiger partial charge in [0.2, 0.25) is 11.8 Å². The largest absolute Gasteiger partial charge is 0.329 e. The molecule has 2 atom stereocenters. The van der Waals surface area contributed by atoms with Crippen molar-refractivity contribution < 1.29 is 9.59 Å². The van der Waals surface area contributed by atoms with Crippen molar-refractivity contribution >= 4 is 11.8 Å². The van der Waals surface area contributed by atoms with Crippen molar-refractivity contribution in [2.45, 2.75) is 70.0 Å². The third-order valence-corrected chi connectivity index (χ3v) is 5.63. The van der Waals surface area contributed by atoms with Crippen molar-refractivity contribution in [2.24, 2.45) is 11.8 Å². The Morgan fingerprint density at radius 2 is 1.60 bits per heavy atom. The number of amides is 2. The summed E-state index contributed by atoms with van der Waals surface area (Å²) in [6.45, 7) is 2.73. The summed E-state index contributed by atoms with van der Waals surface area (Å²) < 4.78 is 0. The lowest BCUT2D eigenvalue weighted by molar-refractivity contribution is -0.166. The Morgan fingerprint density at radius 1 is 0.950 bits per heavy atom. The van der Waals surface area contributed by atoms with Gasteiger partial charge in [-0.15, -0.1) is 0 Å². The van der Waals surface area contributed by atoms with E-state index in [0.717, 1.165) is 25.8 Å². The van der Waals surface area contributed by atoms with E-state index in [0.29, 0.717) is 17.9 Å². The number of rotatable bonds is 3. The average Bonchev–Trinajstić information content (AvgIpc) is 3.34. The molecule has 110 valence electrons. The van der Waals surface area contributed by atoms with Gasteiger partial charge in [0.25, 0.3) is 0 Å². The summed E-state index contributed by atoms with van der Waals surface area (Å²) in [7, 11) is 0. The van der Waals surface area contributed by atoms with E-state index in [1.807, 2.05) is 16.7 Å². The second-order valence-corrected chi connectivity index (χ2v) is 7.13. The molecular formula is C16H24N2O2. The van der Waals surface area contributed by atoms with E-state index in [2.05, 4.69) is 0 Å². The summed E-state index contributed by atoms with van der Waals surface area (Å²) in [5, 5.41) is 0. The molecule has 0 aromatic rings. The molecular weight excluding hydrogens is 252 g/mol. The van der Waals surface area contributed by atoms with Crippen molar-refractivity contribution in [1.82, 2.24) is 9.80 Å². The van der Waals surface area contributed by atoms with Crippen LogP contribution < -0.4 is 0 Å². The van der Waals surface area contributed by atoms with Crippen LogP contribution in [0.3, 0.4) is 0 Å². The first-order chi connectivity index (χ1) is 9.68. The monoisotopic (exact) mass is 276 g/mol. The highest BCUT2D eigenvalue weighted by molar-refractivity contribution is 5.97. The minimum Gasteiger partial charge on any atom is -0.329 e. The number of carbonyl (C=O) groups excluding carboxylic acids is 2. The number of piperazine rings is 1. The van der Waals surface area contributed by atoms with Crippen LogP contribution >= 0.6 is 0 Å². The lowest BCUT2D eigenvalue weighted by Gasteiger charge is -2.49. The zero-order valence-corrected chi connectivity index (χ0v) is 12.3. The Morgan fingerprint density at radius 3 is 2.20 bits per heavy atom. The highest BCUT2D eigenvalue weighted by atomic mass is 16.2. The first-order valence-electron chi connectivity index (χ1n) is 8.31. The minimum absolute atomic E-state index is 0.146. The fourth-order valence-electron chi connectivity index (χ4n) is 4.29. The molecule has 4 aliphatic rings. The van der Waals surface area contributed by atoms with Gasteiger partial charge in [-0.3, -0.25) is 9.59 Å². The molecule has 2 saturated carbocycles. The van der Waals surface area contributed by atoms with Crippen LogP contribution in [-0.2, 0) is 9.59 Å². The van der Waals surface area contributed by atoms with Gasteiger partial charge in [-0.2, -0.15) is 0 Å². The van der Waals surface area contributed by atoms with Crippen molar-refractivity contribution in [3.8, 4) is 0 Å². The van der Waals surface area contributed by atoms with Crippen molar-refractivity contribution in [3.05, 3.63) is 0 Å². The molecule has 20 heavy (non-hydrogen) atoms. The molecule has 0 aromatic carbocycles. The van der Waals surface area contributed by atoms with Gasteiger partial charge >= 0.3 is 0 Å². The average molecular weight is 276 g/mol. The zero-order valence-electron chi connectivity index (χ0n) is 12.3. The Bertz CT molecular complexity index is 430. The maximum Gasteiger partial charge on any atom is 0.246 e. The number of nitrogens with zero attached hydrogens (tertiary/aromatic N) is 2. The number of hydrogen-bond acceptors (Lipinski definition) is 2. The SMILES string of the molecule is CC1C(=O)N2CCCCC2C(=O)N1C(C1CC1)C1CC1. The molecule has 2 heterocycles. The van der Waals surface area contributed by atoms with Crippen LogP contribution in [0.4, 0.5) is 0 Å². The van der Waals surface area contributed by atoms with E-state index in [1.165, 1.54) is 25.7 Å². The minimum atomic E-state index is -0.233. The lowest BCUT2D eigenvalue weighted by atomic mass is 9.92. The summed E-state index contributed by atoms with van der Waals surface area (Å²) in [6.07, 6.45) is 8.01. The smallest absolute Gasteiger partial charge is 0.246 e. The maximum atomic E-state index is 13.0. The Kier molecular flexibility index (Phi) is 2.83. The van der Waals surface area contributed by atoms with E-state index < -0.39 is 0 Å². The predicted molar refractivity (Wildman–Crippen MR) is 74.9 cm³/mol. The van der Waals surface area contributed by atoms with Gasteiger partial charge in [0, 0.05) is 12.6 Å². The third kappa shape index (κ3) is 1.87. The Balaban J connectivity index is 1.64. The normalized spacial score (nSPS) is 34.7. The molecule has 0 aromatic heterocycles. The van der Waals surface area contributed by atoms with Crippen molar-refractivity contribution in [3.63, 3.8) is 0 Å². The first kappa shape index (κ1) is 12.7. The summed E-state index contributed by atoms with van der Waals surface area (Å²) in [5.74, 6) is 1.80. The second-order valence-electron chi connectivity index (χ2n) is 7.13. The van der Waals surface area contributed by atoms with E-state index in [1.54, 1.807) is 0 Å². The number of carbonyl (C=O) groups is 2. The molecule has 2 aliphatic carbocycles. The van der Waals surface area contributed by atoms with E-state index in [-0.39, 0.29) is 23.9 Å². The van der Waals surface area contributed by atoms with Gasteiger partial charge in [-0.1, -0.05) is 0 Å². The van der Waals surface area contributed by atoms with Crippen LogP contribution in [0.25, 0.3) is 0 Å². The molecule has 2 aliphatic heterocycles. The number of piperidine rings is 1. The molecule has 2 saturated heterocycles. The van der Waals surface area contributed by atoms with Crippen LogP contribution in [-0.4, -0.2) is 46.3 Å². The zero-order chi connectivity index (χ0) is 13.9. The second kappa shape index (κ2) is 4.47. The van der Waals surface area contributed by atoms with Crippen LogP contribution in [0, 0.1) is 11.8 Å². The standard InChI is InChI=1S/C16H24N2O2/c1-10-15(19)17-9-3-2-4-13(17)16(20)18(10)14(11-5-6-11)12-7-8-12/h10-14H,2-9H2,1H3. The maximum absolute atomic E-state index is 13.0. The number of hydrogen-bond donors (Lipinski definition) is 0. The van der Waals surface area contributed by atoms with E-state index in [9.17, 15) is 9.59 Å². The fourth-order valence-corrected chi connectivity index (χ4v) is 4.29. The third-order valence-electron chi connectivity index (χ3n) is 5.63. The quantitative estimate of drug-likeness (QED) is 0.788. The van der Waals surface area contributed by atoms with Gasteiger partial charge in [0.1, 0.15) is 12.1 Å². The number of fused-ring (bicyclic) bond motifs is 1.